The number of carbonyl (C=O) groups is 1. The molecule has 1 aromatic carbocycles. The Labute approximate surface area is 193 Å². The van der Waals surface area contributed by atoms with Gasteiger partial charge in [-0.1, -0.05) is 12.1 Å². The molecule has 0 saturated carbocycles. The Morgan fingerprint density at radius 2 is 2.03 bits per heavy atom. The van der Waals surface area contributed by atoms with Crippen molar-refractivity contribution in [3.05, 3.63) is 64.6 Å². The van der Waals surface area contributed by atoms with E-state index in [0.29, 0.717) is 23.8 Å². The van der Waals surface area contributed by atoms with E-state index in [4.69, 9.17) is 9.40 Å². The fourth-order valence-corrected chi connectivity index (χ4v) is 5.15. The highest BCUT2D eigenvalue weighted by Crippen LogP contribution is 2.40. The van der Waals surface area contributed by atoms with Crippen LogP contribution in [0.2, 0.25) is 0 Å². The van der Waals surface area contributed by atoms with E-state index in [2.05, 4.69) is 4.98 Å². The van der Waals surface area contributed by atoms with Crippen LogP contribution in [-0.2, 0) is 12.8 Å². The van der Waals surface area contributed by atoms with Gasteiger partial charge >= 0.3 is 0 Å². The van der Waals surface area contributed by atoms with Crippen molar-refractivity contribution in [2.75, 3.05) is 25.5 Å². The van der Waals surface area contributed by atoms with Crippen LogP contribution in [0.3, 0.4) is 0 Å². The van der Waals surface area contributed by atoms with Gasteiger partial charge in [-0.25, -0.2) is 14.4 Å². The minimum atomic E-state index is -0.310. The first-order chi connectivity index (χ1) is 15.9. The molecular formula is C26H29FN4O2. The summed E-state index contributed by atoms with van der Waals surface area (Å²) < 4.78 is 20.0. The van der Waals surface area contributed by atoms with Gasteiger partial charge in [0.1, 0.15) is 17.3 Å². The summed E-state index contributed by atoms with van der Waals surface area (Å²) in [7, 11) is 3.78. The lowest BCUT2D eigenvalue weighted by Crippen LogP contribution is -2.32. The van der Waals surface area contributed by atoms with Gasteiger partial charge in [0, 0.05) is 44.4 Å². The summed E-state index contributed by atoms with van der Waals surface area (Å²) in [6, 6.07) is 6.26. The Morgan fingerprint density at radius 1 is 1.21 bits per heavy atom. The van der Waals surface area contributed by atoms with Gasteiger partial charge in [0.2, 0.25) is 5.95 Å². The predicted octanol–water partition coefficient (Wildman–Crippen LogP) is 5.11. The second-order valence-electron chi connectivity index (χ2n) is 9.17. The second-order valence-corrected chi connectivity index (χ2v) is 9.17. The van der Waals surface area contributed by atoms with Gasteiger partial charge in [-0.05, 0) is 56.7 Å². The van der Waals surface area contributed by atoms with Gasteiger partial charge in [0.15, 0.2) is 0 Å². The van der Waals surface area contributed by atoms with Crippen LogP contribution in [0.5, 0.6) is 0 Å². The van der Waals surface area contributed by atoms with Gasteiger partial charge in [-0.2, -0.15) is 0 Å². The first-order valence-corrected chi connectivity index (χ1v) is 11.7. The van der Waals surface area contributed by atoms with Crippen LogP contribution in [0.4, 0.5) is 10.3 Å². The average molecular weight is 449 g/mol. The molecule has 1 aliphatic carbocycles. The third kappa shape index (κ3) is 3.90. The normalized spacial score (nSPS) is 17.8. The number of rotatable bonds is 4. The van der Waals surface area contributed by atoms with Crippen LogP contribution >= 0.6 is 0 Å². The average Bonchev–Trinajstić information content (AvgIpc) is 3.42. The number of amides is 1. The van der Waals surface area contributed by atoms with Crippen LogP contribution in [0.25, 0.3) is 11.1 Å². The molecule has 0 radical (unpaired) electrons. The van der Waals surface area contributed by atoms with E-state index in [0.717, 1.165) is 66.7 Å². The van der Waals surface area contributed by atoms with Crippen LogP contribution in [0.1, 0.15) is 64.9 Å². The third-order valence-electron chi connectivity index (χ3n) is 6.73. The van der Waals surface area contributed by atoms with Crippen LogP contribution in [0.15, 0.2) is 34.9 Å². The number of hydrogen-bond donors (Lipinski definition) is 0. The summed E-state index contributed by atoms with van der Waals surface area (Å²) in [5.74, 6) is 1.95. The highest BCUT2D eigenvalue weighted by atomic mass is 19.1. The molecule has 0 N–H and O–H groups in total. The van der Waals surface area contributed by atoms with E-state index >= 15 is 0 Å². The lowest BCUT2D eigenvalue weighted by atomic mass is 9.93. The van der Waals surface area contributed by atoms with Gasteiger partial charge in [0.25, 0.3) is 5.91 Å². The van der Waals surface area contributed by atoms with Crippen molar-refractivity contribution in [3.63, 3.8) is 0 Å². The standard InChI is InChI=1S/C26H29FN4O2/c1-16-23(19-10-4-5-12-22(19)33-16)25(32)31-13-7-11-21(31)24-20(15-28-26(29-24)30(2)3)17-8-6-9-18(27)14-17/h6,8-9,14-15,21H,4-5,7,10-13H2,1-3H3/t21-/m1/s1. The molecule has 3 aromatic rings. The zero-order chi connectivity index (χ0) is 23.1. The molecular weight excluding hydrogens is 419 g/mol. The Balaban J connectivity index is 1.58. The number of fused-ring (bicyclic) bond motifs is 1. The van der Waals surface area contributed by atoms with Crippen LogP contribution in [0, 0.1) is 12.7 Å². The molecule has 7 heteroatoms. The summed E-state index contributed by atoms with van der Waals surface area (Å²) >= 11 is 0. The topological polar surface area (TPSA) is 62.5 Å². The summed E-state index contributed by atoms with van der Waals surface area (Å²) in [6.45, 7) is 2.55. The van der Waals surface area contributed by atoms with Crippen molar-refractivity contribution in [3.8, 4) is 11.1 Å². The molecule has 0 spiro atoms. The third-order valence-corrected chi connectivity index (χ3v) is 6.73. The van der Waals surface area contributed by atoms with Gasteiger partial charge in [-0.3, -0.25) is 4.79 Å². The molecule has 172 valence electrons. The number of halogens is 1. The highest BCUT2D eigenvalue weighted by molar-refractivity contribution is 5.97. The number of carbonyl (C=O) groups excluding carboxylic acids is 1. The van der Waals surface area contributed by atoms with E-state index in [-0.39, 0.29) is 17.8 Å². The molecule has 1 atom stereocenters. The zero-order valence-corrected chi connectivity index (χ0v) is 19.4. The van der Waals surface area contributed by atoms with Crippen molar-refractivity contribution in [2.45, 2.75) is 51.5 Å². The largest absolute Gasteiger partial charge is 0.465 e. The summed E-state index contributed by atoms with van der Waals surface area (Å²) in [4.78, 5) is 27.0. The Bertz CT molecular complexity index is 1200. The van der Waals surface area contributed by atoms with Gasteiger partial charge < -0.3 is 14.2 Å². The molecule has 5 rings (SSSR count). The molecule has 0 bridgehead atoms. The van der Waals surface area contributed by atoms with E-state index in [1.165, 1.54) is 12.1 Å². The minimum Gasteiger partial charge on any atom is -0.465 e. The molecule has 0 unspecified atom stereocenters. The fourth-order valence-electron chi connectivity index (χ4n) is 5.15. The molecule has 2 aliphatic rings. The minimum absolute atomic E-state index is 0.0112. The monoisotopic (exact) mass is 448 g/mol. The number of nitrogens with zero attached hydrogens (tertiary/aromatic N) is 4. The molecule has 33 heavy (non-hydrogen) atoms. The van der Waals surface area contributed by atoms with E-state index in [9.17, 15) is 9.18 Å². The van der Waals surface area contributed by atoms with Crippen molar-refractivity contribution < 1.29 is 13.6 Å². The quantitative estimate of drug-likeness (QED) is 0.555. The predicted molar refractivity (Wildman–Crippen MR) is 125 cm³/mol. The number of aromatic nitrogens is 2. The molecule has 1 fully saturated rings. The molecule has 1 amide bonds. The molecule has 3 heterocycles. The molecule has 1 aliphatic heterocycles. The Kier molecular flexibility index (Phi) is 5.64. The van der Waals surface area contributed by atoms with E-state index in [1.807, 2.05) is 36.9 Å². The van der Waals surface area contributed by atoms with Crippen molar-refractivity contribution in [1.82, 2.24) is 14.9 Å². The second kappa shape index (κ2) is 8.61. The number of aryl methyl sites for hydroxylation is 2. The van der Waals surface area contributed by atoms with Crippen molar-refractivity contribution in [1.29, 1.82) is 0 Å². The zero-order valence-electron chi connectivity index (χ0n) is 19.4. The number of hydrogen-bond acceptors (Lipinski definition) is 5. The summed E-state index contributed by atoms with van der Waals surface area (Å²) in [6.07, 6.45) is 7.41. The van der Waals surface area contributed by atoms with Crippen molar-refractivity contribution in [2.24, 2.45) is 0 Å². The highest BCUT2D eigenvalue weighted by Gasteiger charge is 2.37. The first-order valence-electron chi connectivity index (χ1n) is 11.7. The van der Waals surface area contributed by atoms with Crippen molar-refractivity contribution >= 4 is 11.9 Å². The lowest BCUT2D eigenvalue weighted by Gasteiger charge is -2.27. The smallest absolute Gasteiger partial charge is 0.258 e. The molecule has 2 aromatic heterocycles. The number of anilines is 1. The SMILES string of the molecule is Cc1oc2c(c1C(=O)N1CCC[C@@H]1c1nc(N(C)C)ncc1-c1cccc(F)c1)CCCC2. The van der Waals surface area contributed by atoms with E-state index < -0.39 is 0 Å². The maximum Gasteiger partial charge on any atom is 0.258 e. The first kappa shape index (κ1) is 21.6. The molecule has 1 saturated heterocycles. The lowest BCUT2D eigenvalue weighted by molar-refractivity contribution is 0.0730. The van der Waals surface area contributed by atoms with Crippen LogP contribution in [-0.4, -0.2) is 41.4 Å². The summed E-state index contributed by atoms with van der Waals surface area (Å²) in [5.41, 5.74) is 4.05. The molecule has 6 nitrogen and oxygen atoms in total. The number of benzene rings is 1. The van der Waals surface area contributed by atoms with Gasteiger partial charge in [0.05, 0.1) is 17.3 Å². The van der Waals surface area contributed by atoms with E-state index in [1.54, 1.807) is 12.3 Å². The van der Waals surface area contributed by atoms with Gasteiger partial charge in [-0.15, -0.1) is 0 Å². The maximum atomic E-state index is 14.0. The number of likely N-dealkylation sites (tertiary alicyclic amines) is 1. The Morgan fingerprint density at radius 3 is 2.82 bits per heavy atom. The Hall–Kier alpha value is -3.22. The maximum absolute atomic E-state index is 14.0. The fraction of sp³-hybridized carbons (Fsp3) is 0.423. The van der Waals surface area contributed by atoms with Crippen LogP contribution < -0.4 is 4.90 Å². The summed E-state index contributed by atoms with van der Waals surface area (Å²) in [5, 5.41) is 0. The number of furan rings is 1.